The molecule has 0 saturated heterocycles. The van der Waals surface area contributed by atoms with Crippen LogP contribution in [0.2, 0.25) is 0 Å². The van der Waals surface area contributed by atoms with Crippen LogP contribution in [-0.4, -0.2) is 24.5 Å². The van der Waals surface area contributed by atoms with Gasteiger partial charge in [-0.25, -0.2) is 12.8 Å². The first-order valence-corrected chi connectivity index (χ1v) is 6.97. The summed E-state index contributed by atoms with van der Waals surface area (Å²) in [6, 6.07) is 3.84. The molecule has 0 spiro atoms. The minimum absolute atomic E-state index is 0.344. The molecule has 1 aromatic carbocycles. The summed E-state index contributed by atoms with van der Waals surface area (Å²) in [4.78, 5) is -0.344. The van der Waals surface area contributed by atoms with Crippen LogP contribution in [0.25, 0.3) is 11.1 Å². The van der Waals surface area contributed by atoms with Crippen LogP contribution < -0.4 is 5.73 Å². The Bertz CT molecular complexity index is 707. The van der Waals surface area contributed by atoms with Gasteiger partial charge in [0.15, 0.2) is 9.84 Å². The highest BCUT2D eigenvalue weighted by atomic mass is 32.2. The van der Waals surface area contributed by atoms with Gasteiger partial charge in [-0.3, -0.25) is 4.68 Å². The zero-order valence-corrected chi connectivity index (χ0v) is 10.7. The molecular weight excluding hydrogens is 257 g/mol. The van der Waals surface area contributed by atoms with Crippen molar-refractivity contribution in [1.82, 2.24) is 9.78 Å². The second kappa shape index (κ2) is 4.09. The van der Waals surface area contributed by atoms with Gasteiger partial charge in [-0.1, -0.05) is 6.07 Å². The van der Waals surface area contributed by atoms with E-state index in [1.54, 1.807) is 7.05 Å². The lowest BCUT2D eigenvalue weighted by Crippen LogP contribution is -2.02. The fourth-order valence-electron chi connectivity index (χ4n) is 1.62. The van der Waals surface area contributed by atoms with Crippen molar-refractivity contribution in [2.75, 3.05) is 12.0 Å². The lowest BCUT2D eigenvalue weighted by atomic mass is 10.1. The van der Waals surface area contributed by atoms with Crippen LogP contribution in [0, 0.1) is 5.82 Å². The topological polar surface area (TPSA) is 78.0 Å². The van der Waals surface area contributed by atoms with Crippen molar-refractivity contribution < 1.29 is 12.8 Å². The Balaban J connectivity index is 2.65. The standard InChI is InChI=1S/C11H12FN3O2S/c1-15-11(13)8(6-14-15)7-3-4-9(12)10(5-7)18(2,16)17/h3-6H,13H2,1-2H3. The van der Waals surface area contributed by atoms with Gasteiger partial charge >= 0.3 is 0 Å². The van der Waals surface area contributed by atoms with Gasteiger partial charge in [-0.2, -0.15) is 5.10 Å². The van der Waals surface area contributed by atoms with E-state index in [0.29, 0.717) is 16.9 Å². The fraction of sp³-hybridized carbons (Fsp3) is 0.182. The average molecular weight is 269 g/mol. The zero-order chi connectivity index (χ0) is 13.5. The van der Waals surface area contributed by atoms with Gasteiger partial charge in [0.1, 0.15) is 16.5 Å². The van der Waals surface area contributed by atoms with Crippen molar-refractivity contribution in [3.05, 3.63) is 30.2 Å². The highest BCUT2D eigenvalue weighted by Gasteiger charge is 2.16. The smallest absolute Gasteiger partial charge is 0.178 e. The Hall–Kier alpha value is -1.89. The Morgan fingerprint density at radius 3 is 2.56 bits per heavy atom. The van der Waals surface area contributed by atoms with Crippen molar-refractivity contribution in [2.24, 2.45) is 7.05 Å². The third-order valence-electron chi connectivity index (χ3n) is 2.63. The number of anilines is 1. The third-order valence-corrected chi connectivity index (χ3v) is 3.74. The summed E-state index contributed by atoms with van der Waals surface area (Å²) in [5.74, 6) is -0.384. The van der Waals surface area contributed by atoms with Gasteiger partial charge < -0.3 is 5.73 Å². The number of sulfone groups is 1. The molecule has 5 nitrogen and oxygen atoms in total. The second-order valence-electron chi connectivity index (χ2n) is 3.98. The first-order valence-electron chi connectivity index (χ1n) is 5.08. The van der Waals surface area contributed by atoms with Crippen molar-refractivity contribution in [3.63, 3.8) is 0 Å². The molecule has 1 heterocycles. The Labute approximate surface area is 104 Å². The molecule has 0 fully saturated rings. The highest BCUT2D eigenvalue weighted by Crippen LogP contribution is 2.28. The van der Waals surface area contributed by atoms with Gasteiger partial charge in [0.25, 0.3) is 0 Å². The molecule has 0 aliphatic rings. The zero-order valence-electron chi connectivity index (χ0n) is 9.88. The molecule has 0 aliphatic carbocycles. The monoisotopic (exact) mass is 269 g/mol. The van der Waals surface area contributed by atoms with E-state index in [2.05, 4.69) is 5.10 Å². The molecule has 2 N–H and O–H groups in total. The third kappa shape index (κ3) is 2.08. The van der Waals surface area contributed by atoms with E-state index in [1.807, 2.05) is 0 Å². The SMILES string of the molecule is Cn1ncc(-c2ccc(F)c(S(C)(=O)=O)c2)c1N. The Kier molecular flexibility index (Phi) is 2.86. The van der Waals surface area contributed by atoms with Crippen LogP contribution in [0.1, 0.15) is 0 Å². The summed E-state index contributed by atoms with van der Waals surface area (Å²) in [5.41, 5.74) is 6.88. The van der Waals surface area contributed by atoms with Crippen molar-refractivity contribution in [3.8, 4) is 11.1 Å². The van der Waals surface area contributed by atoms with Gasteiger partial charge in [0, 0.05) is 18.9 Å². The quantitative estimate of drug-likeness (QED) is 0.889. The van der Waals surface area contributed by atoms with Crippen LogP contribution in [-0.2, 0) is 16.9 Å². The van der Waals surface area contributed by atoms with Crippen LogP contribution in [0.15, 0.2) is 29.3 Å². The van der Waals surface area contributed by atoms with E-state index < -0.39 is 15.7 Å². The summed E-state index contributed by atoms with van der Waals surface area (Å²) in [7, 11) is -1.95. The lowest BCUT2D eigenvalue weighted by molar-refractivity contribution is 0.571. The minimum Gasteiger partial charge on any atom is -0.383 e. The maximum atomic E-state index is 13.5. The molecule has 0 saturated carbocycles. The van der Waals surface area contributed by atoms with E-state index in [1.165, 1.54) is 23.0 Å². The Morgan fingerprint density at radius 1 is 1.39 bits per heavy atom. The molecule has 2 rings (SSSR count). The average Bonchev–Trinajstić information content (AvgIpc) is 2.59. The molecule has 0 atom stereocenters. The van der Waals surface area contributed by atoms with E-state index in [0.717, 1.165) is 12.3 Å². The summed E-state index contributed by atoms with van der Waals surface area (Å²) in [6.07, 6.45) is 2.47. The molecule has 0 bridgehead atoms. The van der Waals surface area contributed by atoms with Gasteiger partial charge in [-0.15, -0.1) is 0 Å². The van der Waals surface area contributed by atoms with Crippen LogP contribution >= 0.6 is 0 Å². The molecule has 1 aromatic heterocycles. The summed E-state index contributed by atoms with van der Waals surface area (Å²) in [6.45, 7) is 0. The number of benzene rings is 1. The molecule has 18 heavy (non-hydrogen) atoms. The van der Waals surface area contributed by atoms with Gasteiger partial charge in [0.05, 0.1) is 6.20 Å². The first-order chi connectivity index (χ1) is 8.30. The molecule has 0 aliphatic heterocycles. The number of nitrogen functional groups attached to an aromatic ring is 1. The number of aromatic nitrogens is 2. The van der Waals surface area contributed by atoms with E-state index >= 15 is 0 Å². The lowest BCUT2D eigenvalue weighted by Gasteiger charge is -2.05. The number of rotatable bonds is 2. The molecule has 0 unspecified atom stereocenters. The molecular formula is C11H12FN3O2S. The number of hydrogen-bond donors (Lipinski definition) is 1. The van der Waals surface area contributed by atoms with Gasteiger partial charge in [0.2, 0.25) is 0 Å². The maximum Gasteiger partial charge on any atom is 0.178 e. The van der Waals surface area contributed by atoms with Gasteiger partial charge in [-0.05, 0) is 17.7 Å². The number of hydrogen-bond acceptors (Lipinski definition) is 4. The molecule has 0 amide bonds. The number of aryl methyl sites for hydroxylation is 1. The normalized spacial score (nSPS) is 11.7. The first kappa shape index (κ1) is 12.6. The number of halogens is 1. The molecule has 7 heteroatoms. The Morgan fingerprint density at radius 2 is 2.06 bits per heavy atom. The molecule has 96 valence electrons. The van der Waals surface area contributed by atoms with E-state index in [9.17, 15) is 12.8 Å². The maximum absolute atomic E-state index is 13.5. The predicted molar refractivity (Wildman–Crippen MR) is 66.1 cm³/mol. The van der Waals surface area contributed by atoms with Crippen LogP contribution in [0.3, 0.4) is 0 Å². The summed E-state index contributed by atoms with van der Waals surface area (Å²) < 4.78 is 37.8. The largest absolute Gasteiger partial charge is 0.383 e. The van der Waals surface area contributed by atoms with Crippen molar-refractivity contribution in [1.29, 1.82) is 0 Å². The molecule has 0 radical (unpaired) electrons. The van der Waals surface area contributed by atoms with Crippen LogP contribution in [0.5, 0.6) is 0 Å². The second-order valence-corrected chi connectivity index (χ2v) is 5.97. The van der Waals surface area contributed by atoms with Crippen molar-refractivity contribution >= 4 is 15.7 Å². The van der Waals surface area contributed by atoms with Crippen molar-refractivity contribution in [2.45, 2.75) is 4.90 Å². The predicted octanol–water partition coefficient (Wildman–Crippen LogP) is 1.21. The van der Waals surface area contributed by atoms with Crippen LogP contribution in [0.4, 0.5) is 10.2 Å². The summed E-state index contributed by atoms with van der Waals surface area (Å²) >= 11 is 0. The molecule has 2 aromatic rings. The fourth-order valence-corrected chi connectivity index (χ4v) is 2.39. The minimum atomic E-state index is -3.61. The van der Waals surface area contributed by atoms with E-state index in [4.69, 9.17) is 5.73 Å². The number of nitrogens with zero attached hydrogens (tertiary/aromatic N) is 2. The summed E-state index contributed by atoms with van der Waals surface area (Å²) in [5, 5.41) is 3.96. The highest BCUT2D eigenvalue weighted by molar-refractivity contribution is 7.90. The number of nitrogens with two attached hydrogens (primary N) is 1. The van der Waals surface area contributed by atoms with E-state index in [-0.39, 0.29) is 4.90 Å².